The first-order chi connectivity index (χ1) is 9.78. The highest BCUT2D eigenvalue weighted by atomic mass is 16.5. The fraction of sp³-hybridized carbons (Fsp3) is 0.438. The van der Waals surface area contributed by atoms with Gasteiger partial charge in [0.1, 0.15) is 11.6 Å². The van der Waals surface area contributed by atoms with Crippen molar-refractivity contribution in [1.82, 2.24) is 15.3 Å². The fourth-order valence-electron chi connectivity index (χ4n) is 2.80. The number of nitrogens with one attached hydrogen (secondary N) is 2. The standard InChI is InChI=1S/C16H21N3O/c1-11-5-6-15(20-2)13(8-11)14-10-18-16(19-14)12-4-3-7-17-9-12/h5-6,8,10,12,17H,3-4,7,9H2,1-2H3,(H,18,19). The Morgan fingerprint density at radius 3 is 3.00 bits per heavy atom. The van der Waals surface area contributed by atoms with Crippen LogP contribution in [0.4, 0.5) is 0 Å². The van der Waals surface area contributed by atoms with Gasteiger partial charge in [0.05, 0.1) is 19.0 Å². The van der Waals surface area contributed by atoms with Crippen molar-refractivity contribution in [2.24, 2.45) is 0 Å². The molecule has 20 heavy (non-hydrogen) atoms. The highest BCUT2D eigenvalue weighted by Gasteiger charge is 2.19. The molecule has 0 aliphatic carbocycles. The summed E-state index contributed by atoms with van der Waals surface area (Å²) in [7, 11) is 1.70. The van der Waals surface area contributed by atoms with Crippen LogP contribution >= 0.6 is 0 Å². The van der Waals surface area contributed by atoms with Crippen LogP contribution < -0.4 is 10.1 Å². The Kier molecular flexibility index (Phi) is 3.74. The lowest BCUT2D eigenvalue weighted by atomic mass is 9.99. The van der Waals surface area contributed by atoms with Crippen molar-refractivity contribution in [3.05, 3.63) is 35.8 Å². The number of hydrogen-bond acceptors (Lipinski definition) is 3. The smallest absolute Gasteiger partial charge is 0.128 e. The topological polar surface area (TPSA) is 49.9 Å². The number of piperidine rings is 1. The van der Waals surface area contributed by atoms with E-state index < -0.39 is 0 Å². The van der Waals surface area contributed by atoms with E-state index in [9.17, 15) is 0 Å². The van der Waals surface area contributed by atoms with Gasteiger partial charge >= 0.3 is 0 Å². The molecule has 2 heterocycles. The Hall–Kier alpha value is -1.81. The number of H-pyrrole nitrogens is 1. The van der Waals surface area contributed by atoms with Gasteiger partial charge in [-0.25, -0.2) is 4.98 Å². The number of imidazole rings is 1. The Labute approximate surface area is 119 Å². The molecule has 4 heteroatoms. The average Bonchev–Trinajstić information content (AvgIpc) is 2.98. The van der Waals surface area contributed by atoms with Crippen LogP contribution in [0.3, 0.4) is 0 Å². The van der Waals surface area contributed by atoms with Crippen molar-refractivity contribution in [1.29, 1.82) is 0 Å². The largest absolute Gasteiger partial charge is 0.496 e. The summed E-state index contributed by atoms with van der Waals surface area (Å²) in [4.78, 5) is 8.04. The van der Waals surface area contributed by atoms with Crippen molar-refractivity contribution >= 4 is 0 Å². The van der Waals surface area contributed by atoms with E-state index in [1.54, 1.807) is 7.11 Å². The Morgan fingerprint density at radius 1 is 1.35 bits per heavy atom. The molecule has 1 saturated heterocycles. The van der Waals surface area contributed by atoms with E-state index in [0.717, 1.165) is 35.9 Å². The summed E-state index contributed by atoms with van der Waals surface area (Å²) < 4.78 is 5.45. The number of hydrogen-bond donors (Lipinski definition) is 2. The predicted molar refractivity (Wildman–Crippen MR) is 80.2 cm³/mol. The molecule has 1 aliphatic heterocycles. The fourth-order valence-corrected chi connectivity index (χ4v) is 2.80. The van der Waals surface area contributed by atoms with Crippen molar-refractivity contribution in [2.45, 2.75) is 25.7 Å². The SMILES string of the molecule is COc1ccc(C)cc1-c1cnc(C2CCCNC2)[nH]1. The summed E-state index contributed by atoms with van der Waals surface area (Å²) in [6.07, 6.45) is 4.33. The zero-order valence-corrected chi connectivity index (χ0v) is 12.1. The molecule has 4 nitrogen and oxygen atoms in total. The maximum atomic E-state index is 5.45. The molecular formula is C16H21N3O. The third kappa shape index (κ3) is 2.56. The lowest BCUT2D eigenvalue weighted by molar-refractivity contribution is 0.416. The highest BCUT2D eigenvalue weighted by Crippen LogP contribution is 2.31. The molecule has 1 fully saturated rings. The van der Waals surface area contributed by atoms with Gasteiger partial charge in [0.25, 0.3) is 0 Å². The number of aromatic nitrogens is 2. The van der Waals surface area contributed by atoms with Crippen LogP contribution in [0.25, 0.3) is 11.3 Å². The minimum absolute atomic E-state index is 0.494. The van der Waals surface area contributed by atoms with Gasteiger partial charge in [0.15, 0.2) is 0 Å². The van der Waals surface area contributed by atoms with Crippen molar-refractivity contribution in [2.75, 3.05) is 20.2 Å². The summed E-state index contributed by atoms with van der Waals surface area (Å²) in [5, 5.41) is 3.43. The normalized spacial score (nSPS) is 19.0. The average molecular weight is 271 g/mol. The number of aromatic amines is 1. The second kappa shape index (κ2) is 5.67. The third-order valence-electron chi connectivity index (χ3n) is 3.92. The molecule has 1 aromatic heterocycles. The quantitative estimate of drug-likeness (QED) is 0.902. The first kappa shape index (κ1) is 13.2. The summed E-state index contributed by atoms with van der Waals surface area (Å²) in [6.45, 7) is 4.22. The van der Waals surface area contributed by atoms with Crippen LogP contribution in [0.15, 0.2) is 24.4 Å². The monoisotopic (exact) mass is 271 g/mol. The van der Waals surface area contributed by atoms with Crippen LogP contribution in [0.2, 0.25) is 0 Å². The van der Waals surface area contributed by atoms with Gasteiger partial charge in [-0.2, -0.15) is 0 Å². The number of rotatable bonds is 3. The maximum Gasteiger partial charge on any atom is 0.128 e. The highest BCUT2D eigenvalue weighted by molar-refractivity contribution is 5.67. The van der Waals surface area contributed by atoms with Crippen molar-refractivity contribution in [3.63, 3.8) is 0 Å². The molecule has 0 saturated carbocycles. The van der Waals surface area contributed by atoms with E-state index in [0.29, 0.717) is 5.92 Å². The summed E-state index contributed by atoms with van der Waals surface area (Å²) >= 11 is 0. The molecule has 2 N–H and O–H groups in total. The van der Waals surface area contributed by atoms with Gasteiger partial charge in [0, 0.05) is 18.0 Å². The van der Waals surface area contributed by atoms with E-state index in [-0.39, 0.29) is 0 Å². The number of nitrogens with zero attached hydrogens (tertiary/aromatic N) is 1. The summed E-state index contributed by atoms with van der Waals surface area (Å²) in [5.41, 5.74) is 3.33. The lowest BCUT2D eigenvalue weighted by Gasteiger charge is -2.20. The number of methoxy groups -OCH3 is 1. The molecule has 1 unspecified atom stereocenters. The lowest BCUT2D eigenvalue weighted by Crippen LogP contribution is -2.28. The first-order valence-corrected chi connectivity index (χ1v) is 7.18. The number of benzene rings is 1. The van der Waals surface area contributed by atoms with Gasteiger partial charge in [-0.1, -0.05) is 11.6 Å². The van der Waals surface area contributed by atoms with Gasteiger partial charge in [-0.05, 0) is 38.4 Å². The molecule has 1 aromatic carbocycles. The molecule has 1 atom stereocenters. The Balaban J connectivity index is 1.91. The van der Waals surface area contributed by atoms with Gasteiger partial charge < -0.3 is 15.0 Å². The van der Waals surface area contributed by atoms with E-state index in [1.807, 2.05) is 12.3 Å². The van der Waals surface area contributed by atoms with Gasteiger partial charge in [-0.15, -0.1) is 0 Å². The van der Waals surface area contributed by atoms with Crippen LogP contribution in [0.5, 0.6) is 5.75 Å². The van der Waals surface area contributed by atoms with Crippen LogP contribution in [0, 0.1) is 6.92 Å². The molecule has 0 bridgehead atoms. The maximum absolute atomic E-state index is 5.45. The zero-order valence-electron chi connectivity index (χ0n) is 12.1. The van der Waals surface area contributed by atoms with Crippen LogP contribution in [0.1, 0.15) is 30.1 Å². The summed E-state index contributed by atoms with van der Waals surface area (Å²) in [5.74, 6) is 2.46. The third-order valence-corrected chi connectivity index (χ3v) is 3.92. The molecule has 0 amide bonds. The van der Waals surface area contributed by atoms with Gasteiger partial charge in [-0.3, -0.25) is 0 Å². The van der Waals surface area contributed by atoms with E-state index in [4.69, 9.17) is 4.74 Å². The Morgan fingerprint density at radius 2 is 2.25 bits per heavy atom. The molecule has 2 aromatic rings. The molecule has 0 spiro atoms. The molecule has 1 aliphatic rings. The zero-order chi connectivity index (χ0) is 13.9. The molecular weight excluding hydrogens is 250 g/mol. The van der Waals surface area contributed by atoms with Crippen LogP contribution in [-0.2, 0) is 0 Å². The molecule has 3 rings (SSSR count). The van der Waals surface area contributed by atoms with Crippen molar-refractivity contribution < 1.29 is 4.74 Å². The van der Waals surface area contributed by atoms with E-state index in [2.05, 4.69) is 34.3 Å². The first-order valence-electron chi connectivity index (χ1n) is 7.18. The minimum atomic E-state index is 0.494. The van der Waals surface area contributed by atoms with E-state index in [1.165, 1.54) is 18.4 Å². The van der Waals surface area contributed by atoms with E-state index >= 15 is 0 Å². The predicted octanol–water partition coefficient (Wildman–Crippen LogP) is 2.86. The van der Waals surface area contributed by atoms with Crippen molar-refractivity contribution in [3.8, 4) is 17.0 Å². The molecule has 0 radical (unpaired) electrons. The Bertz CT molecular complexity index is 585. The molecule has 106 valence electrons. The number of aryl methyl sites for hydroxylation is 1. The van der Waals surface area contributed by atoms with Gasteiger partial charge in [0.2, 0.25) is 0 Å². The number of ether oxygens (including phenoxy) is 1. The van der Waals surface area contributed by atoms with Crippen LogP contribution in [-0.4, -0.2) is 30.2 Å². The summed E-state index contributed by atoms with van der Waals surface area (Å²) in [6, 6.07) is 6.20. The second-order valence-electron chi connectivity index (χ2n) is 5.43. The second-order valence-corrected chi connectivity index (χ2v) is 5.43. The minimum Gasteiger partial charge on any atom is -0.496 e.